The lowest BCUT2D eigenvalue weighted by molar-refractivity contribution is -0.133. The van der Waals surface area contributed by atoms with E-state index in [0.29, 0.717) is 11.1 Å². The topological polar surface area (TPSA) is 109 Å². The minimum Gasteiger partial charge on any atom is -0.486 e. The van der Waals surface area contributed by atoms with Gasteiger partial charge in [0.05, 0.1) is 12.0 Å². The third kappa shape index (κ3) is 5.18. The van der Waals surface area contributed by atoms with Crippen LogP contribution in [0.15, 0.2) is 84.1 Å². The molecule has 1 unspecified atom stereocenters. The molecule has 0 saturated carbocycles. The smallest absolute Gasteiger partial charge is 0.346 e. The zero-order valence-corrected chi connectivity index (χ0v) is 28.2. The number of aliphatic carboxylic acids is 2. The van der Waals surface area contributed by atoms with E-state index in [4.69, 9.17) is 6.57 Å². The first kappa shape index (κ1) is 32.1. The Bertz CT molecular complexity index is 2120. The average molecular weight is 673 g/mol. The summed E-state index contributed by atoms with van der Waals surface area (Å²) >= 11 is 0. The van der Waals surface area contributed by atoms with Crippen LogP contribution in [0.2, 0.25) is 0 Å². The first-order chi connectivity index (χ1) is 24.8. The molecule has 4 aromatic carbocycles. The van der Waals surface area contributed by atoms with Crippen LogP contribution in [-0.4, -0.2) is 48.3 Å². The number of nitrogens with zero attached hydrogens (tertiary/aromatic N) is 4. The molecule has 2 saturated heterocycles. The number of fused-ring (bicyclic) bond motifs is 10. The van der Waals surface area contributed by atoms with Gasteiger partial charge in [-0.3, -0.25) is 4.79 Å². The Balaban J connectivity index is 1.46. The molecule has 2 N–H and O–H groups in total. The molecular weight excluding hydrogens is 636 g/mol. The van der Waals surface area contributed by atoms with Crippen LogP contribution < -0.4 is 9.80 Å². The second-order valence-corrected chi connectivity index (χ2v) is 13.8. The Hall–Kier alpha value is -6.12. The number of carboxylic acid groups (broad SMARTS) is 2. The van der Waals surface area contributed by atoms with E-state index in [9.17, 15) is 25.1 Å². The van der Waals surface area contributed by atoms with Crippen LogP contribution in [0.4, 0.5) is 11.4 Å². The first-order valence-corrected chi connectivity index (χ1v) is 17.6. The lowest BCUT2D eigenvalue weighted by Gasteiger charge is -2.34. The van der Waals surface area contributed by atoms with E-state index < -0.39 is 17.4 Å². The summed E-state index contributed by atoms with van der Waals surface area (Å²) in [6.07, 6.45) is 9.83. The highest BCUT2D eigenvalue weighted by molar-refractivity contribution is 6.00. The largest absolute Gasteiger partial charge is 0.486 e. The molecule has 1 spiro atoms. The molecule has 8 nitrogen and oxygen atoms in total. The maximum Gasteiger partial charge on any atom is 0.346 e. The van der Waals surface area contributed by atoms with Crippen LogP contribution in [0.5, 0.6) is 0 Å². The van der Waals surface area contributed by atoms with Crippen LogP contribution in [0.1, 0.15) is 71.9 Å². The fraction of sp³-hybridized carbons (Fsp3) is 0.256. The number of rotatable bonds is 6. The molecule has 8 rings (SSSR count). The number of anilines is 2. The molecule has 0 bridgehead atoms. The van der Waals surface area contributed by atoms with Gasteiger partial charge in [0.2, 0.25) is 0 Å². The van der Waals surface area contributed by atoms with Crippen molar-refractivity contribution in [2.24, 2.45) is 0 Å². The molecule has 2 heterocycles. The van der Waals surface area contributed by atoms with Crippen molar-refractivity contribution in [1.82, 2.24) is 0 Å². The number of carboxylic acids is 2. The van der Waals surface area contributed by atoms with Crippen molar-refractivity contribution in [3.8, 4) is 28.3 Å². The number of nitriles is 1. The molecule has 51 heavy (non-hydrogen) atoms. The lowest BCUT2D eigenvalue weighted by atomic mass is 9.70. The van der Waals surface area contributed by atoms with Gasteiger partial charge in [0, 0.05) is 37.6 Å². The van der Waals surface area contributed by atoms with Gasteiger partial charge in [0.15, 0.2) is 0 Å². The van der Waals surface area contributed by atoms with Gasteiger partial charge in [-0.15, -0.1) is 0 Å². The first-order valence-electron chi connectivity index (χ1n) is 17.6. The Morgan fingerprint density at radius 2 is 1.08 bits per heavy atom. The van der Waals surface area contributed by atoms with E-state index in [1.54, 1.807) is 0 Å². The zero-order chi connectivity index (χ0) is 35.3. The van der Waals surface area contributed by atoms with E-state index >= 15 is 0 Å². The maximum atomic E-state index is 11.9. The highest BCUT2D eigenvalue weighted by Gasteiger charge is 2.52. The minimum atomic E-state index is -1.28. The highest BCUT2D eigenvalue weighted by atomic mass is 16.4. The van der Waals surface area contributed by atoms with Crippen molar-refractivity contribution < 1.29 is 19.8 Å². The summed E-state index contributed by atoms with van der Waals surface area (Å²) in [5.74, 6) is -2.56. The number of hydrogen-bond acceptors (Lipinski definition) is 5. The molecule has 0 radical (unpaired) electrons. The summed E-state index contributed by atoms with van der Waals surface area (Å²) in [6.45, 7) is 11.4. The van der Waals surface area contributed by atoms with Crippen molar-refractivity contribution >= 4 is 35.5 Å². The van der Waals surface area contributed by atoms with Gasteiger partial charge in [0.1, 0.15) is 11.6 Å². The van der Waals surface area contributed by atoms with Crippen LogP contribution >= 0.6 is 0 Å². The average Bonchev–Trinajstić information content (AvgIpc) is 3.62. The number of benzene rings is 4. The summed E-state index contributed by atoms with van der Waals surface area (Å²) in [7, 11) is 0. The predicted molar refractivity (Wildman–Crippen MR) is 198 cm³/mol. The Morgan fingerprint density at radius 1 is 0.647 bits per heavy atom. The molecule has 2 fully saturated rings. The van der Waals surface area contributed by atoms with Crippen molar-refractivity contribution in [1.29, 1.82) is 5.26 Å². The second kappa shape index (κ2) is 12.6. The van der Waals surface area contributed by atoms with Gasteiger partial charge < -0.3 is 20.0 Å². The van der Waals surface area contributed by atoms with Crippen molar-refractivity contribution in [2.45, 2.75) is 43.9 Å². The Kier molecular flexibility index (Phi) is 7.96. The summed E-state index contributed by atoms with van der Waals surface area (Å²) in [6, 6.07) is 27.2. The van der Waals surface area contributed by atoms with Crippen molar-refractivity contribution in [3.05, 3.63) is 129 Å². The third-order valence-electron chi connectivity index (χ3n) is 11.0. The number of hydrogen-bond donors (Lipinski definition) is 2. The predicted octanol–water partition coefficient (Wildman–Crippen LogP) is 8.35. The molecule has 2 aliphatic carbocycles. The molecule has 8 heteroatoms. The van der Waals surface area contributed by atoms with Crippen LogP contribution in [0.25, 0.3) is 39.3 Å². The standard InChI is InChI=1S/C43H36N4O4/c1-45-40(42(50)51)23-28-9-13-33-35-15-11-31(47-18-6-3-7-19-47)25-39(35)43(37(33)22-28)36-21-27(20-29(26-44)41(48)49)8-12-32(36)34-14-10-30(24-38(34)43)46-16-4-2-5-17-46/h8-15,20-25H,2-7,16-19H2,(H,48,49)(H,50,51). The summed E-state index contributed by atoms with van der Waals surface area (Å²) < 4.78 is 0. The van der Waals surface area contributed by atoms with E-state index in [1.165, 1.54) is 25.0 Å². The van der Waals surface area contributed by atoms with Gasteiger partial charge in [-0.25, -0.2) is 9.64 Å². The molecule has 2 aliphatic heterocycles. The molecule has 0 amide bonds. The van der Waals surface area contributed by atoms with Crippen molar-refractivity contribution in [3.63, 3.8) is 0 Å². The SMILES string of the molecule is [C-]#[N+]C(=Cc1ccc2c(c1)C1(c3cc(C=C(C#N)C(=O)O)ccc3-c3ccc(N4CCCCC4)cc31)c1cc(N3CCCCC3)ccc1-2)C(=O)O. The summed E-state index contributed by atoms with van der Waals surface area (Å²) in [5.41, 5.74) is 10.4. The molecular formula is C43H36N4O4. The van der Waals surface area contributed by atoms with Gasteiger partial charge in [0.25, 0.3) is 5.70 Å². The molecule has 0 aromatic heterocycles. The molecule has 4 aromatic rings. The normalized spacial score (nSPS) is 19.1. The van der Waals surface area contributed by atoms with Gasteiger partial charge in [-0.05, 0) is 137 Å². The van der Waals surface area contributed by atoms with Crippen molar-refractivity contribution in [2.75, 3.05) is 36.0 Å². The van der Waals surface area contributed by atoms with E-state index in [1.807, 2.05) is 42.5 Å². The second-order valence-electron chi connectivity index (χ2n) is 13.8. The molecule has 252 valence electrons. The van der Waals surface area contributed by atoms with E-state index in [2.05, 4.69) is 51.0 Å². The van der Waals surface area contributed by atoms with Crippen LogP contribution in [-0.2, 0) is 15.0 Å². The van der Waals surface area contributed by atoms with Crippen LogP contribution in [0, 0.1) is 17.9 Å². The maximum absolute atomic E-state index is 11.9. The van der Waals surface area contributed by atoms with Gasteiger partial charge in [-0.1, -0.05) is 42.5 Å². The lowest BCUT2D eigenvalue weighted by Crippen LogP contribution is -2.31. The summed E-state index contributed by atoms with van der Waals surface area (Å²) in [5, 5.41) is 29.1. The zero-order valence-electron chi connectivity index (χ0n) is 28.2. The monoisotopic (exact) mass is 672 g/mol. The minimum absolute atomic E-state index is 0.348. The van der Waals surface area contributed by atoms with Gasteiger partial charge >= 0.3 is 11.9 Å². The quantitative estimate of drug-likeness (QED) is 0.104. The van der Waals surface area contributed by atoms with Gasteiger partial charge in [-0.2, -0.15) is 5.26 Å². The number of carbonyl (C=O) groups is 2. The van der Waals surface area contributed by atoms with Crippen LogP contribution in [0.3, 0.4) is 0 Å². The van der Waals surface area contributed by atoms with E-state index in [-0.39, 0.29) is 11.3 Å². The summed E-state index contributed by atoms with van der Waals surface area (Å²) in [4.78, 5) is 32.1. The highest BCUT2D eigenvalue weighted by Crippen LogP contribution is 2.64. The Morgan fingerprint density at radius 3 is 1.49 bits per heavy atom. The Labute approximate surface area is 297 Å². The fourth-order valence-electron chi connectivity index (χ4n) is 8.72. The third-order valence-corrected chi connectivity index (χ3v) is 11.0. The van der Waals surface area contributed by atoms with E-state index in [0.717, 1.165) is 108 Å². The molecule has 1 atom stereocenters. The number of piperidine rings is 2. The molecule has 4 aliphatic rings. The fourth-order valence-corrected chi connectivity index (χ4v) is 8.72.